The molecule has 2 atom stereocenters. The molecule has 1 unspecified atom stereocenters. The van der Waals surface area contributed by atoms with Crippen LogP contribution in [0.1, 0.15) is 31.4 Å². The summed E-state index contributed by atoms with van der Waals surface area (Å²) in [7, 11) is 0. The SMILES string of the molecule is CC(Nc1nc(N2CCN(C(=O)[C@H]3CCCN3C(=O)O)CC2)ncc1OCC(F)(F)F)c1ccc(Cl)cc1Cl. The Morgan fingerprint density at radius 1 is 1.21 bits per heavy atom. The molecule has 2 amide bonds. The Balaban J connectivity index is 1.49. The van der Waals surface area contributed by atoms with Gasteiger partial charge in [0.25, 0.3) is 0 Å². The number of piperazine rings is 1. The second-order valence-corrected chi connectivity index (χ2v) is 10.1. The van der Waals surface area contributed by atoms with Crippen molar-refractivity contribution in [3.63, 3.8) is 0 Å². The molecule has 0 saturated carbocycles. The first-order valence-corrected chi connectivity index (χ1v) is 13.0. The van der Waals surface area contributed by atoms with Crippen molar-refractivity contribution in [3.8, 4) is 5.75 Å². The molecule has 10 nitrogen and oxygen atoms in total. The molecule has 15 heteroatoms. The minimum atomic E-state index is -4.56. The smallest absolute Gasteiger partial charge is 0.422 e. The molecule has 2 aliphatic heterocycles. The third-order valence-electron chi connectivity index (χ3n) is 6.57. The number of nitrogens with one attached hydrogen (secondary N) is 1. The third kappa shape index (κ3) is 7.07. The van der Waals surface area contributed by atoms with Crippen molar-refractivity contribution in [3.05, 3.63) is 40.0 Å². The molecular formula is C24H27Cl2F3N6O4. The Labute approximate surface area is 232 Å². The second kappa shape index (κ2) is 11.9. The van der Waals surface area contributed by atoms with Gasteiger partial charge in [-0.3, -0.25) is 9.69 Å². The number of nitrogens with zero attached hydrogens (tertiary/aromatic N) is 5. The highest BCUT2D eigenvalue weighted by Crippen LogP contribution is 2.33. The summed E-state index contributed by atoms with van der Waals surface area (Å²) in [5.41, 5.74) is 0.650. The van der Waals surface area contributed by atoms with Crippen LogP contribution in [0, 0.1) is 0 Å². The highest BCUT2D eigenvalue weighted by molar-refractivity contribution is 6.35. The van der Waals surface area contributed by atoms with Crippen molar-refractivity contribution in [1.29, 1.82) is 0 Å². The number of benzene rings is 1. The number of amides is 2. The van der Waals surface area contributed by atoms with Gasteiger partial charge in [-0.25, -0.2) is 9.78 Å². The van der Waals surface area contributed by atoms with Crippen LogP contribution in [0.2, 0.25) is 10.0 Å². The maximum atomic E-state index is 12.9. The van der Waals surface area contributed by atoms with E-state index in [1.165, 1.54) is 11.1 Å². The molecule has 2 aromatic rings. The van der Waals surface area contributed by atoms with Gasteiger partial charge in [-0.15, -0.1) is 0 Å². The van der Waals surface area contributed by atoms with Gasteiger partial charge in [0.2, 0.25) is 11.9 Å². The first kappa shape index (κ1) is 28.8. The van der Waals surface area contributed by atoms with Crippen molar-refractivity contribution in [2.24, 2.45) is 0 Å². The highest BCUT2D eigenvalue weighted by atomic mass is 35.5. The van der Waals surface area contributed by atoms with E-state index in [2.05, 4.69) is 15.3 Å². The Hall–Kier alpha value is -3.19. The lowest BCUT2D eigenvalue weighted by Gasteiger charge is -2.37. The molecule has 0 bridgehead atoms. The topological polar surface area (TPSA) is 111 Å². The minimum absolute atomic E-state index is 0.0457. The van der Waals surface area contributed by atoms with Gasteiger partial charge in [0.05, 0.1) is 12.2 Å². The zero-order valence-electron chi connectivity index (χ0n) is 20.9. The van der Waals surface area contributed by atoms with Crippen LogP contribution >= 0.6 is 23.2 Å². The molecule has 2 fully saturated rings. The Morgan fingerprint density at radius 2 is 1.92 bits per heavy atom. The minimum Gasteiger partial charge on any atom is -0.479 e. The maximum absolute atomic E-state index is 12.9. The molecule has 1 aromatic heterocycles. The number of ether oxygens (including phenoxy) is 1. The molecule has 0 aliphatic carbocycles. The van der Waals surface area contributed by atoms with Gasteiger partial charge in [0, 0.05) is 42.8 Å². The van der Waals surface area contributed by atoms with Gasteiger partial charge < -0.3 is 25.0 Å². The molecule has 0 radical (unpaired) electrons. The average Bonchev–Trinajstić information content (AvgIpc) is 3.37. The van der Waals surface area contributed by atoms with Crippen molar-refractivity contribution < 1.29 is 32.6 Å². The highest BCUT2D eigenvalue weighted by Gasteiger charge is 2.37. The first-order chi connectivity index (χ1) is 18.4. The summed E-state index contributed by atoms with van der Waals surface area (Å²) < 4.78 is 43.5. The molecule has 4 rings (SSSR count). The summed E-state index contributed by atoms with van der Waals surface area (Å²) in [6, 6.07) is 3.75. The van der Waals surface area contributed by atoms with E-state index in [9.17, 15) is 27.9 Å². The van der Waals surface area contributed by atoms with E-state index < -0.39 is 31.0 Å². The van der Waals surface area contributed by atoms with Crippen LogP contribution in [0.25, 0.3) is 0 Å². The fourth-order valence-electron chi connectivity index (χ4n) is 4.61. The van der Waals surface area contributed by atoms with Crippen LogP contribution < -0.4 is 15.0 Å². The fraction of sp³-hybridized carbons (Fsp3) is 0.500. The lowest BCUT2D eigenvalue weighted by atomic mass is 10.1. The Bertz CT molecular complexity index is 1210. The molecule has 2 saturated heterocycles. The lowest BCUT2D eigenvalue weighted by Crippen LogP contribution is -2.54. The summed E-state index contributed by atoms with van der Waals surface area (Å²) in [4.78, 5) is 37.6. The summed E-state index contributed by atoms with van der Waals surface area (Å²) in [6.07, 6.45) is -3.37. The van der Waals surface area contributed by atoms with Crippen LogP contribution in [0.5, 0.6) is 5.75 Å². The number of likely N-dealkylation sites (tertiary alicyclic amines) is 1. The first-order valence-electron chi connectivity index (χ1n) is 12.2. The molecule has 39 heavy (non-hydrogen) atoms. The molecule has 3 heterocycles. The summed E-state index contributed by atoms with van der Waals surface area (Å²) in [5.74, 6) is -0.130. The predicted octanol–water partition coefficient (Wildman–Crippen LogP) is 4.69. The average molecular weight is 591 g/mol. The standard InChI is InChI=1S/C24H27Cl2F3N6O4/c1-14(16-5-4-15(25)11-17(16)26)31-20-19(39-13-24(27,28)29)12-30-22(32-20)34-9-7-33(8-10-34)21(36)18-3-2-6-35(18)23(37)38/h4-5,11-12,14,18H,2-3,6-10,13H2,1H3,(H,37,38)(H,30,31,32)/t14?,18-/m1/s1. The number of halogens is 5. The molecule has 2 aliphatic rings. The number of carbonyl (C=O) groups excluding carboxylic acids is 1. The van der Waals surface area contributed by atoms with E-state index in [0.717, 1.165) is 0 Å². The zero-order valence-corrected chi connectivity index (χ0v) is 22.4. The number of carbonyl (C=O) groups is 2. The largest absolute Gasteiger partial charge is 0.479 e. The fourth-order valence-corrected chi connectivity index (χ4v) is 5.18. The monoisotopic (exact) mass is 590 g/mol. The van der Waals surface area contributed by atoms with Crippen LogP contribution in [-0.4, -0.2) is 88.4 Å². The van der Waals surface area contributed by atoms with Crippen LogP contribution in [0.3, 0.4) is 0 Å². The molecule has 0 spiro atoms. The number of hydrogen-bond donors (Lipinski definition) is 2. The number of carboxylic acid groups (broad SMARTS) is 1. The van der Waals surface area contributed by atoms with Gasteiger partial charge in [-0.2, -0.15) is 18.2 Å². The number of anilines is 2. The molecule has 1 aromatic carbocycles. The predicted molar refractivity (Wildman–Crippen MR) is 139 cm³/mol. The summed E-state index contributed by atoms with van der Waals surface area (Å²) in [6.45, 7) is 1.92. The van der Waals surface area contributed by atoms with E-state index in [4.69, 9.17) is 27.9 Å². The summed E-state index contributed by atoms with van der Waals surface area (Å²) in [5, 5.41) is 13.2. The van der Waals surface area contributed by atoms with Crippen LogP contribution in [0.4, 0.5) is 29.7 Å². The van der Waals surface area contributed by atoms with E-state index in [1.807, 2.05) is 0 Å². The molecule has 2 N–H and O–H groups in total. The van der Waals surface area contributed by atoms with Crippen molar-refractivity contribution in [2.75, 3.05) is 49.5 Å². The quantitative estimate of drug-likeness (QED) is 0.478. The van der Waals surface area contributed by atoms with Crippen molar-refractivity contribution in [1.82, 2.24) is 19.8 Å². The van der Waals surface area contributed by atoms with E-state index >= 15 is 0 Å². The van der Waals surface area contributed by atoms with Gasteiger partial charge in [-0.1, -0.05) is 29.3 Å². The van der Waals surface area contributed by atoms with Gasteiger partial charge in [0.1, 0.15) is 6.04 Å². The van der Waals surface area contributed by atoms with Crippen LogP contribution in [0.15, 0.2) is 24.4 Å². The van der Waals surface area contributed by atoms with Crippen molar-refractivity contribution in [2.45, 2.75) is 38.0 Å². The van der Waals surface area contributed by atoms with Gasteiger partial charge in [-0.05, 0) is 37.5 Å². The van der Waals surface area contributed by atoms with Crippen LogP contribution in [-0.2, 0) is 4.79 Å². The van der Waals surface area contributed by atoms with Gasteiger partial charge >= 0.3 is 12.3 Å². The van der Waals surface area contributed by atoms with E-state index in [-0.39, 0.29) is 23.4 Å². The zero-order chi connectivity index (χ0) is 28.3. The Morgan fingerprint density at radius 3 is 2.56 bits per heavy atom. The number of alkyl halides is 3. The third-order valence-corrected chi connectivity index (χ3v) is 7.14. The van der Waals surface area contributed by atoms with E-state index in [1.54, 1.807) is 34.9 Å². The van der Waals surface area contributed by atoms with Gasteiger partial charge in [0.15, 0.2) is 18.2 Å². The lowest BCUT2D eigenvalue weighted by molar-refractivity contribution is -0.153. The summed E-state index contributed by atoms with van der Waals surface area (Å²) >= 11 is 12.3. The Kier molecular flexibility index (Phi) is 8.80. The number of rotatable bonds is 7. The normalized spacial score (nSPS) is 18.7. The number of aromatic nitrogens is 2. The molecular weight excluding hydrogens is 564 g/mol. The maximum Gasteiger partial charge on any atom is 0.422 e. The van der Waals surface area contributed by atoms with Crippen molar-refractivity contribution >= 4 is 47.0 Å². The second-order valence-electron chi connectivity index (χ2n) is 9.26. The molecule has 212 valence electrons. The van der Waals surface area contributed by atoms with E-state index in [0.29, 0.717) is 61.2 Å². The number of hydrogen-bond acceptors (Lipinski definition) is 7.